The van der Waals surface area contributed by atoms with Crippen LogP contribution in [0.15, 0.2) is 18.3 Å². The van der Waals surface area contributed by atoms with Crippen molar-refractivity contribution in [2.45, 2.75) is 32.7 Å². The fourth-order valence-electron chi connectivity index (χ4n) is 1.91. The van der Waals surface area contributed by atoms with E-state index in [0.29, 0.717) is 12.8 Å². The van der Waals surface area contributed by atoms with Crippen LogP contribution in [0.3, 0.4) is 0 Å². The molecule has 5 heteroatoms. The molecule has 0 radical (unpaired) electrons. The molecule has 5 nitrogen and oxygen atoms in total. The Hall–Kier alpha value is -1.91. The van der Waals surface area contributed by atoms with Crippen molar-refractivity contribution < 1.29 is 9.59 Å². The standard InChI is InChI=1S/C13H17N3O2/c1-2-6-14-10-5-7-15-11(8-10)9-16-12(17)3-4-13(16)18/h5,7-8H,2-4,6,9H2,1H3,(H,14,15). The Bertz CT molecular complexity index is 443. The molecule has 1 aromatic heterocycles. The van der Waals surface area contributed by atoms with Crippen LogP contribution < -0.4 is 5.32 Å². The zero-order valence-corrected chi connectivity index (χ0v) is 10.5. The van der Waals surface area contributed by atoms with Gasteiger partial charge in [-0.15, -0.1) is 0 Å². The summed E-state index contributed by atoms with van der Waals surface area (Å²) in [5.41, 5.74) is 1.71. The molecule has 0 unspecified atom stereocenters. The number of hydrogen-bond donors (Lipinski definition) is 1. The molecule has 1 N–H and O–H groups in total. The lowest BCUT2D eigenvalue weighted by Crippen LogP contribution is -2.28. The van der Waals surface area contributed by atoms with E-state index < -0.39 is 0 Å². The van der Waals surface area contributed by atoms with E-state index >= 15 is 0 Å². The molecule has 0 atom stereocenters. The third-order valence-corrected chi connectivity index (χ3v) is 2.87. The molecular formula is C13H17N3O2. The monoisotopic (exact) mass is 247 g/mol. The van der Waals surface area contributed by atoms with Gasteiger partial charge in [-0.2, -0.15) is 0 Å². The van der Waals surface area contributed by atoms with Crippen molar-refractivity contribution in [2.75, 3.05) is 11.9 Å². The van der Waals surface area contributed by atoms with Crippen molar-refractivity contribution in [1.29, 1.82) is 0 Å². The second kappa shape index (κ2) is 5.62. The zero-order chi connectivity index (χ0) is 13.0. The van der Waals surface area contributed by atoms with Crippen LogP contribution >= 0.6 is 0 Å². The molecule has 96 valence electrons. The van der Waals surface area contributed by atoms with Crippen molar-refractivity contribution in [1.82, 2.24) is 9.88 Å². The van der Waals surface area contributed by atoms with Crippen molar-refractivity contribution in [3.63, 3.8) is 0 Å². The summed E-state index contributed by atoms with van der Waals surface area (Å²) in [5.74, 6) is -0.206. The number of anilines is 1. The van der Waals surface area contributed by atoms with Gasteiger partial charge < -0.3 is 5.32 Å². The van der Waals surface area contributed by atoms with Crippen LogP contribution in [0.5, 0.6) is 0 Å². The topological polar surface area (TPSA) is 62.3 Å². The molecule has 0 saturated carbocycles. The summed E-state index contributed by atoms with van der Waals surface area (Å²) in [6.45, 7) is 3.26. The van der Waals surface area contributed by atoms with Crippen LogP contribution in [0, 0.1) is 0 Å². The summed E-state index contributed by atoms with van der Waals surface area (Å²) in [5, 5.41) is 3.25. The molecule has 0 aromatic carbocycles. The van der Waals surface area contributed by atoms with Gasteiger partial charge >= 0.3 is 0 Å². The van der Waals surface area contributed by atoms with Gasteiger partial charge in [0.2, 0.25) is 11.8 Å². The van der Waals surface area contributed by atoms with E-state index in [-0.39, 0.29) is 18.4 Å². The SMILES string of the molecule is CCCNc1ccnc(CN2C(=O)CCC2=O)c1. The predicted octanol–water partition coefficient (Wildman–Crippen LogP) is 1.55. The third-order valence-electron chi connectivity index (χ3n) is 2.87. The minimum Gasteiger partial charge on any atom is -0.385 e. The van der Waals surface area contributed by atoms with Crippen molar-refractivity contribution in [2.24, 2.45) is 0 Å². The zero-order valence-electron chi connectivity index (χ0n) is 10.5. The minimum absolute atomic E-state index is 0.103. The number of amides is 2. The van der Waals surface area contributed by atoms with E-state index in [2.05, 4.69) is 17.2 Å². The van der Waals surface area contributed by atoms with E-state index in [9.17, 15) is 9.59 Å². The first-order chi connectivity index (χ1) is 8.70. The van der Waals surface area contributed by atoms with Crippen LogP contribution in [0.4, 0.5) is 5.69 Å². The third kappa shape index (κ3) is 2.85. The van der Waals surface area contributed by atoms with Crippen LogP contribution in [-0.4, -0.2) is 28.2 Å². The maximum Gasteiger partial charge on any atom is 0.230 e. The normalized spacial score (nSPS) is 15.3. The molecule has 0 spiro atoms. The van der Waals surface area contributed by atoms with E-state index in [1.54, 1.807) is 6.20 Å². The second-order valence-electron chi connectivity index (χ2n) is 4.34. The number of imide groups is 1. The summed E-state index contributed by atoms with van der Waals surface area (Å²) in [7, 11) is 0. The van der Waals surface area contributed by atoms with E-state index in [4.69, 9.17) is 0 Å². The van der Waals surface area contributed by atoms with Gasteiger partial charge in [0.1, 0.15) is 0 Å². The highest BCUT2D eigenvalue weighted by atomic mass is 16.2. The number of aromatic nitrogens is 1. The van der Waals surface area contributed by atoms with Crippen LogP contribution in [-0.2, 0) is 16.1 Å². The average molecular weight is 247 g/mol. The first-order valence-corrected chi connectivity index (χ1v) is 6.22. The smallest absolute Gasteiger partial charge is 0.230 e. The average Bonchev–Trinajstić information content (AvgIpc) is 2.69. The maximum absolute atomic E-state index is 11.5. The number of likely N-dealkylation sites (tertiary alicyclic amines) is 1. The van der Waals surface area contributed by atoms with E-state index in [1.807, 2.05) is 12.1 Å². The lowest BCUT2D eigenvalue weighted by atomic mass is 10.3. The quantitative estimate of drug-likeness (QED) is 0.802. The van der Waals surface area contributed by atoms with Crippen LogP contribution in [0.1, 0.15) is 31.9 Å². The van der Waals surface area contributed by atoms with Gasteiger partial charge in [0.25, 0.3) is 0 Å². The Morgan fingerprint density at radius 3 is 2.72 bits per heavy atom. The number of rotatable bonds is 5. The summed E-state index contributed by atoms with van der Waals surface area (Å²) in [6, 6.07) is 3.77. The van der Waals surface area contributed by atoms with Gasteiger partial charge in [-0.1, -0.05) is 6.92 Å². The lowest BCUT2D eigenvalue weighted by Gasteiger charge is -2.13. The number of hydrogen-bond acceptors (Lipinski definition) is 4. The molecule has 18 heavy (non-hydrogen) atoms. The van der Waals surface area contributed by atoms with E-state index in [1.165, 1.54) is 4.90 Å². The van der Waals surface area contributed by atoms with Gasteiger partial charge in [0.15, 0.2) is 0 Å². The molecule has 1 saturated heterocycles. The summed E-state index contributed by atoms with van der Waals surface area (Å²) in [6.07, 6.45) is 3.39. The molecule has 1 aromatic rings. The van der Waals surface area contributed by atoms with Crippen molar-refractivity contribution in [3.05, 3.63) is 24.0 Å². The van der Waals surface area contributed by atoms with E-state index in [0.717, 1.165) is 24.3 Å². The number of carbonyl (C=O) groups excluding carboxylic acids is 2. The van der Waals surface area contributed by atoms with Crippen LogP contribution in [0.2, 0.25) is 0 Å². The second-order valence-corrected chi connectivity index (χ2v) is 4.34. The summed E-state index contributed by atoms with van der Waals surface area (Å²) < 4.78 is 0. The number of nitrogens with one attached hydrogen (secondary N) is 1. The van der Waals surface area contributed by atoms with Gasteiger partial charge in [0, 0.05) is 31.3 Å². The molecule has 0 aliphatic carbocycles. The minimum atomic E-state index is -0.103. The molecule has 2 rings (SSSR count). The van der Waals surface area contributed by atoms with Gasteiger partial charge in [-0.25, -0.2) is 0 Å². The number of pyridine rings is 1. The van der Waals surface area contributed by atoms with Crippen molar-refractivity contribution >= 4 is 17.5 Å². The molecule has 1 aliphatic rings. The fraction of sp³-hybridized carbons (Fsp3) is 0.462. The number of nitrogens with zero attached hydrogens (tertiary/aromatic N) is 2. The Morgan fingerprint density at radius 2 is 2.06 bits per heavy atom. The maximum atomic E-state index is 11.5. The molecule has 1 fully saturated rings. The first kappa shape index (κ1) is 12.5. The van der Waals surface area contributed by atoms with Crippen molar-refractivity contribution in [3.8, 4) is 0 Å². The molecule has 0 bridgehead atoms. The van der Waals surface area contributed by atoms with Gasteiger partial charge in [0.05, 0.1) is 12.2 Å². The highest BCUT2D eigenvalue weighted by Gasteiger charge is 2.28. The fourth-order valence-corrected chi connectivity index (χ4v) is 1.91. The highest BCUT2D eigenvalue weighted by molar-refractivity contribution is 6.01. The molecule has 2 amide bonds. The molecule has 2 heterocycles. The highest BCUT2D eigenvalue weighted by Crippen LogP contribution is 2.16. The Morgan fingerprint density at radius 1 is 1.33 bits per heavy atom. The lowest BCUT2D eigenvalue weighted by molar-refractivity contribution is -0.139. The first-order valence-electron chi connectivity index (χ1n) is 6.22. The predicted molar refractivity (Wildman–Crippen MR) is 67.8 cm³/mol. The molecular weight excluding hydrogens is 230 g/mol. The van der Waals surface area contributed by atoms with Crippen LogP contribution in [0.25, 0.3) is 0 Å². The van der Waals surface area contributed by atoms with Gasteiger partial charge in [-0.3, -0.25) is 19.5 Å². The summed E-state index contributed by atoms with van der Waals surface area (Å²) in [4.78, 5) is 28.5. The Balaban J connectivity index is 2.04. The van der Waals surface area contributed by atoms with Gasteiger partial charge in [-0.05, 0) is 18.6 Å². The number of carbonyl (C=O) groups is 2. The molecule has 1 aliphatic heterocycles. The Labute approximate surface area is 106 Å². The largest absolute Gasteiger partial charge is 0.385 e. The Kier molecular flexibility index (Phi) is 3.92. The summed E-state index contributed by atoms with van der Waals surface area (Å²) >= 11 is 0.